The summed E-state index contributed by atoms with van der Waals surface area (Å²) in [5.74, 6) is 0.929. The zero-order chi connectivity index (χ0) is 22.3. The number of pyridine rings is 1. The summed E-state index contributed by atoms with van der Waals surface area (Å²) in [4.78, 5) is 29.2. The van der Waals surface area contributed by atoms with Crippen molar-refractivity contribution in [3.05, 3.63) is 58.7 Å². The highest BCUT2D eigenvalue weighted by atomic mass is 16.5. The molecule has 0 radical (unpaired) electrons. The van der Waals surface area contributed by atoms with Gasteiger partial charge in [-0.25, -0.2) is 4.98 Å². The molecule has 2 amide bonds. The fourth-order valence-corrected chi connectivity index (χ4v) is 3.52. The van der Waals surface area contributed by atoms with Gasteiger partial charge >= 0.3 is 0 Å². The zero-order valence-corrected chi connectivity index (χ0v) is 17.9. The molecule has 0 fully saturated rings. The monoisotopic (exact) mass is 418 g/mol. The summed E-state index contributed by atoms with van der Waals surface area (Å²) in [6, 6.07) is 8.92. The van der Waals surface area contributed by atoms with E-state index in [1.54, 1.807) is 25.1 Å². The van der Waals surface area contributed by atoms with Crippen molar-refractivity contribution in [1.29, 1.82) is 0 Å². The van der Waals surface area contributed by atoms with Crippen molar-refractivity contribution in [2.75, 3.05) is 10.6 Å². The van der Waals surface area contributed by atoms with Crippen molar-refractivity contribution in [3.63, 3.8) is 0 Å². The molecular formula is C23H22N4O4. The van der Waals surface area contributed by atoms with Crippen LogP contribution in [0.15, 0.2) is 39.3 Å². The molecule has 3 heterocycles. The SMILES string of the molecule is CC(=O)Nc1ccc(C)c(NC(=O)c2cc(-c3cc(C)oc3C)nc3onc(C)c23)c1. The van der Waals surface area contributed by atoms with Crippen LogP contribution >= 0.6 is 0 Å². The number of rotatable bonds is 4. The van der Waals surface area contributed by atoms with Crippen LogP contribution in [-0.4, -0.2) is 22.0 Å². The van der Waals surface area contributed by atoms with Crippen LogP contribution in [0.25, 0.3) is 22.4 Å². The molecule has 3 aromatic heterocycles. The van der Waals surface area contributed by atoms with Crippen molar-refractivity contribution in [3.8, 4) is 11.3 Å². The number of benzene rings is 1. The zero-order valence-electron chi connectivity index (χ0n) is 17.9. The topological polar surface area (TPSA) is 110 Å². The van der Waals surface area contributed by atoms with E-state index in [1.165, 1.54) is 6.92 Å². The maximum absolute atomic E-state index is 13.3. The van der Waals surface area contributed by atoms with Gasteiger partial charge < -0.3 is 19.6 Å². The molecule has 0 spiro atoms. The Morgan fingerprint density at radius 1 is 1.00 bits per heavy atom. The first-order chi connectivity index (χ1) is 14.7. The number of amides is 2. The summed E-state index contributed by atoms with van der Waals surface area (Å²) in [5.41, 5.74) is 4.63. The predicted molar refractivity (Wildman–Crippen MR) is 117 cm³/mol. The lowest BCUT2D eigenvalue weighted by atomic mass is 10.0. The van der Waals surface area contributed by atoms with Gasteiger partial charge in [0.1, 0.15) is 11.5 Å². The second-order valence-corrected chi connectivity index (χ2v) is 7.50. The molecular weight excluding hydrogens is 396 g/mol. The van der Waals surface area contributed by atoms with Crippen LogP contribution in [-0.2, 0) is 4.79 Å². The molecule has 0 atom stereocenters. The van der Waals surface area contributed by atoms with Crippen LogP contribution in [0, 0.1) is 27.7 Å². The van der Waals surface area contributed by atoms with Crippen LogP contribution in [0.4, 0.5) is 11.4 Å². The van der Waals surface area contributed by atoms with Crippen molar-refractivity contribution in [1.82, 2.24) is 10.1 Å². The average Bonchev–Trinajstić information content (AvgIpc) is 3.24. The normalized spacial score (nSPS) is 11.0. The molecule has 4 aromatic rings. The smallest absolute Gasteiger partial charge is 0.259 e. The molecule has 0 aliphatic rings. The molecule has 0 bridgehead atoms. The maximum Gasteiger partial charge on any atom is 0.259 e. The number of furan rings is 1. The quantitative estimate of drug-likeness (QED) is 0.486. The minimum absolute atomic E-state index is 0.188. The van der Waals surface area contributed by atoms with Gasteiger partial charge in [-0.15, -0.1) is 0 Å². The lowest BCUT2D eigenvalue weighted by Gasteiger charge is -2.12. The van der Waals surface area contributed by atoms with Crippen LogP contribution in [0.2, 0.25) is 0 Å². The molecule has 0 unspecified atom stereocenters. The predicted octanol–water partition coefficient (Wildman–Crippen LogP) is 4.93. The van der Waals surface area contributed by atoms with E-state index in [4.69, 9.17) is 8.94 Å². The first kappa shape index (κ1) is 20.3. The van der Waals surface area contributed by atoms with Gasteiger partial charge in [0, 0.05) is 23.9 Å². The first-order valence-corrected chi connectivity index (χ1v) is 9.77. The highest BCUT2D eigenvalue weighted by Gasteiger charge is 2.21. The van der Waals surface area contributed by atoms with E-state index in [0.29, 0.717) is 39.5 Å². The highest BCUT2D eigenvalue weighted by Crippen LogP contribution is 2.31. The van der Waals surface area contributed by atoms with Gasteiger partial charge in [0.2, 0.25) is 5.91 Å². The van der Waals surface area contributed by atoms with Gasteiger partial charge in [0.15, 0.2) is 0 Å². The largest absolute Gasteiger partial charge is 0.466 e. The summed E-state index contributed by atoms with van der Waals surface area (Å²) in [6.45, 7) is 8.77. The summed E-state index contributed by atoms with van der Waals surface area (Å²) in [7, 11) is 0. The first-order valence-electron chi connectivity index (χ1n) is 9.77. The Kier molecular flexibility index (Phi) is 5.06. The van der Waals surface area contributed by atoms with Crippen molar-refractivity contribution >= 4 is 34.3 Å². The molecule has 8 heteroatoms. The molecule has 0 saturated heterocycles. The van der Waals surface area contributed by atoms with Crippen molar-refractivity contribution < 1.29 is 18.5 Å². The lowest BCUT2D eigenvalue weighted by molar-refractivity contribution is -0.114. The Morgan fingerprint density at radius 2 is 1.77 bits per heavy atom. The van der Waals surface area contributed by atoms with Crippen LogP contribution in [0.1, 0.15) is 40.1 Å². The average molecular weight is 418 g/mol. The fourth-order valence-electron chi connectivity index (χ4n) is 3.52. The number of carbonyl (C=O) groups excluding carboxylic acids is 2. The van der Waals surface area contributed by atoms with E-state index in [0.717, 1.165) is 16.9 Å². The van der Waals surface area contributed by atoms with Crippen molar-refractivity contribution in [2.24, 2.45) is 0 Å². The number of hydrogen-bond acceptors (Lipinski definition) is 6. The Labute approximate surface area is 178 Å². The number of fused-ring (bicyclic) bond motifs is 1. The number of hydrogen-bond donors (Lipinski definition) is 2. The molecule has 0 aliphatic carbocycles. The number of nitrogens with zero attached hydrogens (tertiary/aromatic N) is 2. The lowest BCUT2D eigenvalue weighted by Crippen LogP contribution is -2.14. The van der Waals surface area contributed by atoms with Gasteiger partial charge in [-0.05, 0) is 57.5 Å². The molecule has 4 rings (SSSR count). The van der Waals surface area contributed by atoms with E-state index < -0.39 is 0 Å². The van der Waals surface area contributed by atoms with E-state index in [-0.39, 0.29) is 17.5 Å². The molecule has 0 saturated carbocycles. The Hall–Kier alpha value is -3.94. The van der Waals surface area contributed by atoms with Gasteiger partial charge in [-0.1, -0.05) is 11.2 Å². The third kappa shape index (κ3) is 3.92. The minimum Gasteiger partial charge on any atom is -0.466 e. The molecule has 0 aliphatic heterocycles. The second-order valence-electron chi connectivity index (χ2n) is 7.50. The second kappa shape index (κ2) is 7.71. The highest BCUT2D eigenvalue weighted by molar-refractivity contribution is 6.13. The molecule has 2 N–H and O–H groups in total. The van der Waals surface area contributed by atoms with Crippen molar-refractivity contribution in [2.45, 2.75) is 34.6 Å². The molecule has 158 valence electrons. The standard InChI is InChI=1S/C23H22N4O4/c1-11-6-7-16(24-15(5)28)9-19(11)25-22(29)18-10-20(17-8-12(2)30-14(17)4)26-23-21(18)13(3)27-31-23/h6-10H,1-5H3,(H,24,28)(H,25,29). The Balaban J connectivity index is 1.78. The number of anilines is 2. The Bertz CT molecular complexity index is 1330. The number of aromatic nitrogens is 2. The van der Waals surface area contributed by atoms with Crippen LogP contribution in [0.5, 0.6) is 0 Å². The fraction of sp³-hybridized carbons (Fsp3) is 0.217. The molecule has 31 heavy (non-hydrogen) atoms. The number of aryl methyl sites for hydroxylation is 4. The summed E-state index contributed by atoms with van der Waals surface area (Å²) >= 11 is 0. The van der Waals surface area contributed by atoms with E-state index in [2.05, 4.69) is 20.8 Å². The minimum atomic E-state index is -0.333. The summed E-state index contributed by atoms with van der Waals surface area (Å²) < 4.78 is 11.0. The third-order valence-corrected chi connectivity index (χ3v) is 4.98. The van der Waals surface area contributed by atoms with E-state index >= 15 is 0 Å². The van der Waals surface area contributed by atoms with Gasteiger partial charge in [-0.2, -0.15) is 0 Å². The maximum atomic E-state index is 13.3. The van der Waals surface area contributed by atoms with Crippen LogP contribution in [0.3, 0.4) is 0 Å². The van der Waals surface area contributed by atoms with Gasteiger partial charge in [0.25, 0.3) is 11.6 Å². The van der Waals surface area contributed by atoms with Crippen LogP contribution < -0.4 is 10.6 Å². The third-order valence-electron chi connectivity index (χ3n) is 4.98. The van der Waals surface area contributed by atoms with Gasteiger partial charge in [-0.3, -0.25) is 9.59 Å². The van der Waals surface area contributed by atoms with Gasteiger partial charge in [0.05, 0.1) is 22.3 Å². The number of nitrogens with one attached hydrogen (secondary N) is 2. The summed E-state index contributed by atoms with van der Waals surface area (Å²) in [6.07, 6.45) is 0. The summed E-state index contributed by atoms with van der Waals surface area (Å²) in [5, 5.41) is 10.2. The Morgan fingerprint density at radius 3 is 2.45 bits per heavy atom. The molecule has 8 nitrogen and oxygen atoms in total. The van der Waals surface area contributed by atoms with E-state index in [9.17, 15) is 9.59 Å². The van der Waals surface area contributed by atoms with E-state index in [1.807, 2.05) is 32.9 Å². The number of carbonyl (C=O) groups is 2. The molecule has 1 aromatic carbocycles.